The number of aromatic nitrogens is 4. The van der Waals surface area contributed by atoms with Crippen LogP contribution in [0.15, 0.2) is 43.0 Å². The van der Waals surface area contributed by atoms with Gasteiger partial charge in [-0.2, -0.15) is 0 Å². The van der Waals surface area contributed by atoms with Crippen molar-refractivity contribution in [1.82, 2.24) is 19.9 Å². The minimum absolute atomic E-state index is 0.0157. The van der Waals surface area contributed by atoms with E-state index in [4.69, 9.17) is 11.6 Å². The summed E-state index contributed by atoms with van der Waals surface area (Å²) in [4.78, 5) is 28.9. The Morgan fingerprint density at radius 2 is 1.77 bits per heavy atom. The van der Waals surface area contributed by atoms with Gasteiger partial charge in [-0.05, 0) is 42.6 Å². The average molecular weight is 448 g/mol. The van der Waals surface area contributed by atoms with E-state index in [0.717, 1.165) is 0 Å². The number of hydrogen-bond acceptors (Lipinski definition) is 5. The Hall–Kier alpha value is -3.07. The van der Waals surface area contributed by atoms with Gasteiger partial charge in [0.1, 0.15) is 11.5 Å². The minimum atomic E-state index is -2.72. The molecule has 3 aromatic rings. The normalized spacial score (nSPS) is 16.1. The molecule has 1 fully saturated rings. The van der Waals surface area contributed by atoms with Crippen LogP contribution in [0.3, 0.4) is 0 Å². The molecule has 1 aliphatic carbocycles. The fourth-order valence-electron chi connectivity index (χ4n) is 3.63. The first-order valence-corrected chi connectivity index (χ1v) is 9.98. The van der Waals surface area contributed by atoms with E-state index in [2.05, 4.69) is 25.3 Å². The SMILES string of the molecule is O=C(Nc1c(-c2ncccc2F)ccnc1C1CCC(F)(F)CC1)c1cnc(Cl)nc1. The van der Waals surface area contributed by atoms with Crippen molar-refractivity contribution < 1.29 is 18.0 Å². The van der Waals surface area contributed by atoms with Crippen LogP contribution in [-0.4, -0.2) is 31.8 Å². The van der Waals surface area contributed by atoms with Crippen LogP contribution in [0.1, 0.15) is 47.7 Å². The van der Waals surface area contributed by atoms with Gasteiger partial charge in [0, 0.05) is 49.1 Å². The van der Waals surface area contributed by atoms with E-state index in [9.17, 15) is 18.0 Å². The van der Waals surface area contributed by atoms with Crippen LogP contribution in [0.2, 0.25) is 5.28 Å². The third kappa shape index (κ3) is 4.66. The zero-order chi connectivity index (χ0) is 22.0. The predicted octanol–water partition coefficient (Wildman–Crippen LogP) is 5.27. The van der Waals surface area contributed by atoms with Crippen LogP contribution >= 0.6 is 11.6 Å². The number of halogens is 4. The third-order valence-corrected chi connectivity index (χ3v) is 5.41. The molecule has 10 heteroatoms. The highest BCUT2D eigenvalue weighted by molar-refractivity contribution is 6.28. The Kier molecular flexibility index (Phi) is 5.86. The number of anilines is 1. The van der Waals surface area contributed by atoms with Crippen molar-refractivity contribution in [3.05, 3.63) is 65.3 Å². The molecule has 0 radical (unpaired) electrons. The molecule has 0 bridgehead atoms. The smallest absolute Gasteiger partial charge is 0.258 e. The van der Waals surface area contributed by atoms with E-state index in [1.54, 1.807) is 0 Å². The van der Waals surface area contributed by atoms with E-state index in [0.29, 0.717) is 11.3 Å². The van der Waals surface area contributed by atoms with Crippen LogP contribution in [-0.2, 0) is 0 Å². The first-order chi connectivity index (χ1) is 14.8. The van der Waals surface area contributed by atoms with Gasteiger partial charge in [0.25, 0.3) is 5.91 Å². The summed E-state index contributed by atoms with van der Waals surface area (Å²) in [6.07, 6.45) is 5.23. The zero-order valence-electron chi connectivity index (χ0n) is 16.2. The van der Waals surface area contributed by atoms with Crippen molar-refractivity contribution >= 4 is 23.2 Å². The van der Waals surface area contributed by atoms with Gasteiger partial charge >= 0.3 is 0 Å². The maximum atomic E-state index is 14.5. The second-order valence-electron chi connectivity index (χ2n) is 7.28. The summed E-state index contributed by atoms with van der Waals surface area (Å²) in [5.41, 5.74) is 1.11. The summed E-state index contributed by atoms with van der Waals surface area (Å²) in [5, 5.41) is 2.72. The lowest BCUT2D eigenvalue weighted by Gasteiger charge is -2.29. The number of carbonyl (C=O) groups excluding carboxylic acids is 1. The van der Waals surface area contributed by atoms with Crippen molar-refractivity contribution in [2.75, 3.05) is 5.32 Å². The molecule has 4 rings (SSSR count). The van der Waals surface area contributed by atoms with Crippen molar-refractivity contribution in [3.63, 3.8) is 0 Å². The van der Waals surface area contributed by atoms with Crippen molar-refractivity contribution in [1.29, 1.82) is 0 Å². The van der Waals surface area contributed by atoms with Crippen molar-refractivity contribution in [2.45, 2.75) is 37.5 Å². The first-order valence-electron chi connectivity index (χ1n) is 9.60. The zero-order valence-corrected chi connectivity index (χ0v) is 16.9. The molecular weight excluding hydrogens is 431 g/mol. The van der Waals surface area contributed by atoms with Crippen molar-refractivity contribution in [3.8, 4) is 11.3 Å². The Morgan fingerprint density at radius 3 is 2.45 bits per heavy atom. The molecule has 31 heavy (non-hydrogen) atoms. The van der Waals surface area contributed by atoms with Crippen LogP contribution in [0.25, 0.3) is 11.3 Å². The number of carbonyl (C=O) groups is 1. The Balaban J connectivity index is 1.76. The molecule has 6 nitrogen and oxygen atoms in total. The number of hydrogen-bond donors (Lipinski definition) is 1. The third-order valence-electron chi connectivity index (χ3n) is 5.22. The van der Waals surface area contributed by atoms with Gasteiger partial charge < -0.3 is 5.32 Å². The number of alkyl halides is 2. The van der Waals surface area contributed by atoms with Crippen LogP contribution in [0, 0.1) is 5.82 Å². The number of nitrogens with one attached hydrogen (secondary N) is 1. The highest BCUT2D eigenvalue weighted by Gasteiger charge is 2.37. The number of nitrogens with zero attached hydrogens (tertiary/aromatic N) is 4. The number of pyridine rings is 2. The maximum absolute atomic E-state index is 14.5. The van der Waals surface area contributed by atoms with Crippen LogP contribution in [0.5, 0.6) is 0 Å². The average Bonchev–Trinajstić information content (AvgIpc) is 2.75. The Morgan fingerprint density at radius 1 is 1.06 bits per heavy atom. The maximum Gasteiger partial charge on any atom is 0.258 e. The molecule has 3 aromatic heterocycles. The van der Waals surface area contributed by atoms with E-state index in [1.807, 2.05) is 0 Å². The highest BCUT2D eigenvalue weighted by Crippen LogP contribution is 2.44. The Bertz CT molecular complexity index is 1100. The molecule has 1 amide bonds. The molecule has 0 aromatic carbocycles. The topological polar surface area (TPSA) is 80.7 Å². The van der Waals surface area contributed by atoms with Gasteiger partial charge in [0.2, 0.25) is 11.2 Å². The molecule has 0 spiro atoms. The molecule has 3 heterocycles. The fraction of sp³-hybridized carbons (Fsp3) is 0.286. The molecule has 160 valence electrons. The van der Waals surface area contributed by atoms with Gasteiger partial charge in [-0.1, -0.05) is 0 Å². The molecule has 0 unspecified atom stereocenters. The summed E-state index contributed by atoms with van der Waals surface area (Å²) in [5.74, 6) is -4.18. The fourth-order valence-corrected chi connectivity index (χ4v) is 3.73. The second-order valence-corrected chi connectivity index (χ2v) is 7.62. The molecule has 0 atom stereocenters. The van der Waals surface area contributed by atoms with Gasteiger partial charge in [-0.25, -0.2) is 23.1 Å². The lowest BCUT2D eigenvalue weighted by Crippen LogP contribution is -2.25. The second kappa shape index (κ2) is 8.58. The van der Waals surface area contributed by atoms with E-state index in [-0.39, 0.29) is 53.8 Å². The molecular formula is C21H17ClF3N5O. The molecule has 0 aliphatic heterocycles. The lowest BCUT2D eigenvalue weighted by molar-refractivity contribution is -0.0384. The van der Waals surface area contributed by atoms with E-state index < -0.39 is 17.6 Å². The number of amides is 1. The summed E-state index contributed by atoms with van der Waals surface area (Å²) in [6.45, 7) is 0. The van der Waals surface area contributed by atoms with Gasteiger partial charge in [-0.3, -0.25) is 14.8 Å². The summed E-state index contributed by atoms with van der Waals surface area (Å²) in [6, 6.07) is 4.23. The predicted molar refractivity (Wildman–Crippen MR) is 109 cm³/mol. The molecule has 1 saturated carbocycles. The summed E-state index contributed by atoms with van der Waals surface area (Å²) < 4.78 is 41.9. The quantitative estimate of drug-likeness (QED) is 0.551. The largest absolute Gasteiger partial charge is 0.320 e. The summed E-state index contributed by atoms with van der Waals surface area (Å²) >= 11 is 5.67. The summed E-state index contributed by atoms with van der Waals surface area (Å²) in [7, 11) is 0. The van der Waals surface area contributed by atoms with E-state index >= 15 is 0 Å². The molecule has 1 aliphatic rings. The monoisotopic (exact) mass is 447 g/mol. The van der Waals surface area contributed by atoms with Crippen LogP contribution < -0.4 is 5.32 Å². The van der Waals surface area contributed by atoms with E-state index in [1.165, 1.54) is 43.0 Å². The van der Waals surface area contributed by atoms with Gasteiger partial charge in [0.15, 0.2) is 0 Å². The van der Waals surface area contributed by atoms with Crippen LogP contribution in [0.4, 0.5) is 18.9 Å². The van der Waals surface area contributed by atoms with Gasteiger partial charge in [-0.15, -0.1) is 0 Å². The number of rotatable bonds is 4. The standard InChI is InChI=1S/C21H17ClF3N5O/c22-20-28-10-13(11-29-20)19(31)30-18-14(17-15(23)2-1-8-26-17)5-9-27-16(18)12-3-6-21(24,25)7-4-12/h1-2,5,8-12H,3-4,6-7H2,(H,30,31). The lowest BCUT2D eigenvalue weighted by atomic mass is 9.83. The van der Waals surface area contributed by atoms with Crippen molar-refractivity contribution in [2.24, 2.45) is 0 Å². The Labute approximate surface area is 180 Å². The first kappa shape index (κ1) is 21.2. The van der Waals surface area contributed by atoms with Gasteiger partial charge in [0.05, 0.1) is 16.9 Å². The highest BCUT2D eigenvalue weighted by atomic mass is 35.5. The molecule has 0 saturated heterocycles. The minimum Gasteiger partial charge on any atom is -0.320 e. The molecule has 1 N–H and O–H groups in total.